The van der Waals surface area contributed by atoms with Crippen LogP contribution in [0.1, 0.15) is 21.6 Å². The molecule has 98 valence electrons. The second kappa shape index (κ2) is 4.52. The molecule has 0 amide bonds. The third-order valence-corrected chi connectivity index (χ3v) is 2.84. The lowest BCUT2D eigenvalue weighted by atomic mass is 10.1. The number of hydrogen-bond donors (Lipinski definition) is 1. The molecule has 0 fully saturated rings. The Hall–Kier alpha value is -2.70. The molecule has 2 rings (SSSR count). The van der Waals surface area contributed by atoms with Gasteiger partial charge in [0.2, 0.25) is 0 Å². The molecule has 0 saturated carbocycles. The number of benzene rings is 1. The minimum atomic E-state index is -1.14. The lowest BCUT2D eigenvalue weighted by Gasteiger charge is -2.09. The first kappa shape index (κ1) is 12.7. The highest BCUT2D eigenvalue weighted by Gasteiger charge is 2.18. The monoisotopic (exact) mass is 261 g/mol. The molecule has 19 heavy (non-hydrogen) atoms. The Morgan fingerprint density at radius 1 is 1.37 bits per heavy atom. The number of aromatic nitrogens is 2. The fourth-order valence-electron chi connectivity index (χ4n) is 1.94. The van der Waals surface area contributed by atoms with Crippen LogP contribution in [0.3, 0.4) is 0 Å². The van der Waals surface area contributed by atoms with E-state index in [1.165, 1.54) is 23.0 Å². The van der Waals surface area contributed by atoms with E-state index in [9.17, 15) is 14.9 Å². The number of carboxylic acid groups (broad SMARTS) is 1. The Balaban J connectivity index is 2.63. The van der Waals surface area contributed by atoms with Crippen LogP contribution in [-0.4, -0.2) is 25.8 Å². The second-order valence-electron chi connectivity index (χ2n) is 4.08. The van der Waals surface area contributed by atoms with Crippen molar-refractivity contribution in [3.63, 3.8) is 0 Å². The molecule has 0 spiro atoms. The van der Waals surface area contributed by atoms with E-state index in [-0.39, 0.29) is 11.4 Å². The molecule has 1 heterocycles. The molecule has 0 atom stereocenters. The van der Waals surface area contributed by atoms with Gasteiger partial charge in [0, 0.05) is 12.3 Å². The number of nitro benzene ring substituents is 1. The highest BCUT2D eigenvalue weighted by molar-refractivity contribution is 5.85. The summed E-state index contributed by atoms with van der Waals surface area (Å²) in [6.45, 7) is 3.40. The number of nitro groups is 1. The van der Waals surface area contributed by atoms with E-state index < -0.39 is 10.9 Å². The van der Waals surface area contributed by atoms with Gasteiger partial charge in [0.05, 0.1) is 16.2 Å². The van der Waals surface area contributed by atoms with Crippen LogP contribution in [0.2, 0.25) is 0 Å². The Kier molecular flexibility index (Phi) is 3.04. The molecule has 0 radical (unpaired) electrons. The zero-order valence-corrected chi connectivity index (χ0v) is 10.3. The van der Waals surface area contributed by atoms with Crippen molar-refractivity contribution in [1.82, 2.24) is 9.78 Å². The van der Waals surface area contributed by atoms with Crippen molar-refractivity contribution in [2.24, 2.45) is 0 Å². The molecular weight excluding hydrogens is 250 g/mol. The summed E-state index contributed by atoms with van der Waals surface area (Å²) in [5, 5.41) is 23.7. The molecule has 0 saturated heterocycles. The minimum Gasteiger partial charge on any atom is -0.476 e. The molecular formula is C12H11N3O4. The van der Waals surface area contributed by atoms with Crippen molar-refractivity contribution < 1.29 is 14.8 Å². The van der Waals surface area contributed by atoms with E-state index in [0.717, 1.165) is 5.56 Å². The van der Waals surface area contributed by atoms with Gasteiger partial charge in [-0.1, -0.05) is 6.07 Å². The number of rotatable bonds is 3. The smallest absolute Gasteiger partial charge is 0.356 e. The van der Waals surface area contributed by atoms with Crippen LogP contribution < -0.4 is 0 Å². The number of carbonyl (C=O) groups is 1. The molecule has 7 nitrogen and oxygen atoms in total. The lowest BCUT2D eigenvalue weighted by Crippen LogP contribution is -2.05. The average Bonchev–Trinajstić information content (AvgIpc) is 2.78. The number of aryl methyl sites for hydroxylation is 1. The molecule has 0 unspecified atom stereocenters. The van der Waals surface area contributed by atoms with Crippen molar-refractivity contribution in [2.45, 2.75) is 13.8 Å². The lowest BCUT2D eigenvalue weighted by molar-refractivity contribution is -0.385. The largest absolute Gasteiger partial charge is 0.476 e. The highest BCUT2D eigenvalue weighted by atomic mass is 16.6. The van der Waals surface area contributed by atoms with E-state index >= 15 is 0 Å². The quantitative estimate of drug-likeness (QED) is 0.673. The summed E-state index contributed by atoms with van der Waals surface area (Å²) >= 11 is 0. The van der Waals surface area contributed by atoms with Crippen LogP contribution in [-0.2, 0) is 0 Å². The Bertz CT molecular complexity index is 676. The first-order valence-corrected chi connectivity index (χ1v) is 5.45. The van der Waals surface area contributed by atoms with Crippen molar-refractivity contribution >= 4 is 11.7 Å². The van der Waals surface area contributed by atoms with Gasteiger partial charge in [-0.3, -0.25) is 10.1 Å². The van der Waals surface area contributed by atoms with Crippen molar-refractivity contribution in [3.8, 4) is 5.69 Å². The van der Waals surface area contributed by atoms with Crippen LogP contribution >= 0.6 is 0 Å². The molecule has 1 N–H and O–H groups in total. The van der Waals surface area contributed by atoms with Gasteiger partial charge in [0.1, 0.15) is 0 Å². The minimum absolute atomic E-state index is 0.0204. The van der Waals surface area contributed by atoms with Gasteiger partial charge in [-0.2, -0.15) is 5.10 Å². The van der Waals surface area contributed by atoms with Gasteiger partial charge in [-0.15, -0.1) is 0 Å². The summed E-state index contributed by atoms with van der Waals surface area (Å²) < 4.78 is 1.35. The van der Waals surface area contributed by atoms with E-state index in [2.05, 4.69) is 5.10 Å². The summed E-state index contributed by atoms with van der Waals surface area (Å²) in [5.41, 5.74) is 1.63. The summed E-state index contributed by atoms with van der Waals surface area (Å²) in [5.74, 6) is -1.14. The van der Waals surface area contributed by atoms with Gasteiger partial charge in [0.25, 0.3) is 5.69 Å². The normalized spacial score (nSPS) is 10.4. The number of nitrogens with zero attached hydrogens (tertiary/aromatic N) is 3. The van der Waals surface area contributed by atoms with Crippen molar-refractivity contribution in [1.29, 1.82) is 0 Å². The maximum Gasteiger partial charge on any atom is 0.356 e. The summed E-state index contributed by atoms with van der Waals surface area (Å²) in [4.78, 5) is 21.2. The first-order chi connectivity index (χ1) is 8.91. The predicted molar refractivity (Wildman–Crippen MR) is 66.7 cm³/mol. The van der Waals surface area contributed by atoms with Crippen LogP contribution in [0, 0.1) is 24.0 Å². The standard InChI is InChI=1S/C12H11N3O4/c1-7-3-4-10(15(18)19)8(2)11(7)14-6-5-9(13-14)12(16)17/h3-6H,1-2H3,(H,16,17). The fourth-order valence-corrected chi connectivity index (χ4v) is 1.94. The molecule has 2 aromatic rings. The molecule has 1 aromatic heterocycles. The fraction of sp³-hybridized carbons (Fsp3) is 0.167. The molecule has 0 aliphatic rings. The Morgan fingerprint density at radius 3 is 2.58 bits per heavy atom. The van der Waals surface area contributed by atoms with E-state index in [1.807, 2.05) is 0 Å². The van der Waals surface area contributed by atoms with E-state index in [1.54, 1.807) is 19.9 Å². The third kappa shape index (κ3) is 2.17. The zero-order chi connectivity index (χ0) is 14.2. The number of hydrogen-bond acceptors (Lipinski definition) is 4. The Labute approximate surface area is 108 Å². The van der Waals surface area contributed by atoms with Crippen LogP contribution in [0.15, 0.2) is 24.4 Å². The first-order valence-electron chi connectivity index (χ1n) is 5.45. The molecule has 7 heteroatoms. The predicted octanol–water partition coefficient (Wildman–Crippen LogP) is 2.10. The van der Waals surface area contributed by atoms with E-state index in [0.29, 0.717) is 11.3 Å². The average molecular weight is 261 g/mol. The summed E-state index contributed by atoms with van der Waals surface area (Å²) in [7, 11) is 0. The molecule has 0 aliphatic carbocycles. The summed E-state index contributed by atoms with van der Waals surface area (Å²) in [6.07, 6.45) is 1.47. The topological polar surface area (TPSA) is 98.3 Å². The second-order valence-corrected chi connectivity index (χ2v) is 4.08. The Morgan fingerprint density at radius 2 is 2.05 bits per heavy atom. The van der Waals surface area contributed by atoms with Gasteiger partial charge < -0.3 is 5.11 Å². The highest BCUT2D eigenvalue weighted by Crippen LogP contribution is 2.27. The van der Waals surface area contributed by atoms with Gasteiger partial charge in [0.15, 0.2) is 5.69 Å². The molecule has 1 aromatic carbocycles. The maximum atomic E-state index is 10.9. The maximum absolute atomic E-state index is 10.9. The van der Waals surface area contributed by atoms with Crippen molar-refractivity contribution in [2.75, 3.05) is 0 Å². The number of aromatic carboxylic acids is 1. The van der Waals surface area contributed by atoms with Crippen LogP contribution in [0.5, 0.6) is 0 Å². The summed E-state index contributed by atoms with van der Waals surface area (Å²) in [6, 6.07) is 4.39. The van der Waals surface area contributed by atoms with Gasteiger partial charge in [-0.25, -0.2) is 9.48 Å². The number of carboxylic acids is 1. The van der Waals surface area contributed by atoms with E-state index in [4.69, 9.17) is 5.11 Å². The van der Waals surface area contributed by atoms with Crippen molar-refractivity contribution in [3.05, 3.63) is 51.3 Å². The molecule has 0 bridgehead atoms. The van der Waals surface area contributed by atoms with Gasteiger partial charge >= 0.3 is 5.97 Å². The van der Waals surface area contributed by atoms with Crippen LogP contribution in [0.25, 0.3) is 5.69 Å². The molecule has 0 aliphatic heterocycles. The SMILES string of the molecule is Cc1ccc([N+](=O)[O-])c(C)c1-n1ccc(C(=O)O)n1. The van der Waals surface area contributed by atoms with Crippen LogP contribution in [0.4, 0.5) is 5.69 Å². The third-order valence-electron chi connectivity index (χ3n) is 2.84. The zero-order valence-electron chi connectivity index (χ0n) is 10.3. The van der Waals surface area contributed by atoms with Gasteiger partial charge in [-0.05, 0) is 25.5 Å².